The molecular formula is C15H25N5O5. The SMILES string of the molecule is CCC(NC(=O)N[C@@H](CC(N)=O)c1nc(CCO)no1)C(=O)C(C)C. The molecule has 10 nitrogen and oxygen atoms in total. The van der Waals surface area contributed by atoms with E-state index in [1.165, 1.54) is 0 Å². The summed E-state index contributed by atoms with van der Waals surface area (Å²) in [6.45, 7) is 5.12. The molecule has 25 heavy (non-hydrogen) atoms. The van der Waals surface area contributed by atoms with Crippen LogP contribution < -0.4 is 16.4 Å². The van der Waals surface area contributed by atoms with Gasteiger partial charge in [0, 0.05) is 12.3 Å². The summed E-state index contributed by atoms with van der Waals surface area (Å²) in [6, 6.07) is -2.21. The zero-order valence-electron chi connectivity index (χ0n) is 14.6. The second kappa shape index (κ2) is 9.72. The Labute approximate surface area is 145 Å². The molecule has 0 spiro atoms. The summed E-state index contributed by atoms with van der Waals surface area (Å²) in [7, 11) is 0. The van der Waals surface area contributed by atoms with Crippen LogP contribution in [0.2, 0.25) is 0 Å². The Hall–Kier alpha value is -2.49. The minimum atomic E-state index is -0.927. The number of carbonyl (C=O) groups excluding carboxylic acids is 3. The van der Waals surface area contributed by atoms with Crippen LogP contribution in [0.5, 0.6) is 0 Å². The fourth-order valence-corrected chi connectivity index (χ4v) is 2.15. The molecule has 3 amide bonds. The highest BCUT2D eigenvalue weighted by atomic mass is 16.5. The van der Waals surface area contributed by atoms with Crippen LogP contribution >= 0.6 is 0 Å². The lowest BCUT2D eigenvalue weighted by atomic mass is 10.00. The molecule has 0 saturated carbocycles. The van der Waals surface area contributed by atoms with Crippen molar-refractivity contribution in [3.63, 3.8) is 0 Å². The van der Waals surface area contributed by atoms with Crippen molar-refractivity contribution in [3.8, 4) is 0 Å². The van der Waals surface area contributed by atoms with Gasteiger partial charge in [0.25, 0.3) is 0 Å². The molecule has 1 aromatic heterocycles. The number of nitrogens with one attached hydrogen (secondary N) is 2. The summed E-state index contributed by atoms with van der Waals surface area (Å²) in [5.74, 6) is -0.732. The third kappa shape index (κ3) is 6.49. The number of Topliss-reactive ketones (excluding diaryl/α,β-unsaturated/α-hetero) is 1. The second-order valence-corrected chi connectivity index (χ2v) is 5.88. The standard InChI is InChI=1S/C15H25N5O5/c1-4-9(13(23)8(2)3)17-15(24)18-10(7-11(16)22)14-19-12(5-6-21)20-25-14/h8-10,21H,4-7H2,1-3H3,(H2,16,22)(H2,17,18,24)/t9?,10-/m0/s1. The van der Waals surface area contributed by atoms with E-state index in [0.717, 1.165) is 0 Å². The predicted octanol–water partition coefficient (Wildman–Crippen LogP) is -0.176. The topological polar surface area (TPSA) is 160 Å². The zero-order valence-corrected chi connectivity index (χ0v) is 14.6. The van der Waals surface area contributed by atoms with Gasteiger partial charge in [0.15, 0.2) is 11.6 Å². The van der Waals surface area contributed by atoms with E-state index in [4.69, 9.17) is 15.4 Å². The molecule has 140 valence electrons. The number of aliphatic hydroxyl groups is 1. The number of aromatic nitrogens is 2. The van der Waals surface area contributed by atoms with Crippen molar-refractivity contribution in [3.05, 3.63) is 11.7 Å². The molecule has 1 rings (SSSR count). The molecule has 2 atom stereocenters. The smallest absolute Gasteiger partial charge is 0.316 e. The Balaban J connectivity index is 2.81. The van der Waals surface area contributed by atoms with Crippen molar-refractivity contribution in [2.45, 2.75) is 52.1 Å². The fourth-order valence-electron chi connectivity index (χ4n) is 2.15. The van der Waals surface area contributed by atoms with E-state index in [1.54, 1.807) is 20.8 Å². The first kappa shape index (κ1) is 20.6. The molecule has 0 aliphatic heterocycles. The van der Waals surface area contributed by atoms with E-state index in [-0.39, 0.29) is 42.9 Å². The van der Waals surface area contributed by atoms with Crippen molar-refractivity contribution >= 4 is 17.7 Å². The van der Waals surface area contributed by atoms with Crippen LogP contribution in [0, 0.1) is 5.92 Å². The van der Waals surface area contributed by atoms with Gasteiger partial charge in [-0.3, -0.25) is 9.59 Å². The largest absolute Gasteiger partial charge is 0.396 e. The first-order valence-electron chi connectivity index (χ1n) is 8.10. The Morgan fingerprint density at radius 1 is 1.28 bits per heavy atom. The van der Waals surface area contributed by atoms with Crippen molar-refractivity contribution in [2.24, 2.45) is 11.7 Å². The van der Waals surface area contributed by atoms with Gasteiger partial charge in [-0.25, -0.2) is 4.79 Å². The highest BCUT2D eigenvalue weighted by molar-refractivity contribution is 5.89. The van der Waals surface area contributed by atoms with Gasteiger partial charge in [-0.1, -0.05) is 25.9 Å². The number of carbonyl (C=O) groups is 3. The van der Waals surface area contributed by atoms with E-state index in [0.29, 0.717) is 6.42 Å². The van der Waals surface area contributed by atoms with Gasteiger partial charge in [0.05, 0.1) is 19.1 Å². The Morgan fingerprint density at radius 3 is 2.48 bits per heavy atom. The third-order valence-corrected chi connectivity index (χ3v) is 3.45. The van der Waals surface area contributed by atoms with Crippen LogP contribution in [0.25, 0.3) is 0 Å². The molecular weight excluding hydrogens is 330 g/mol. The van der Waals surface area contributed by atoms with Crippen LogP contribution in [0.3, 0.4) is 0 Å². The van der Waals surface area contributed by atoms with Crippen LogP contribution in [0.1, 0.15) is 51.4 Å². The number of hydrogen-bond acceptors (Lipinski definition) is 7. The summed E-state index contributed by atoms with van der Waals surface area (Å²) in [6.07, 6.45) is 0.370. The zero-order chi connectivity index (χ0) is 19.0. The summed E-state index contributed by atoms with van der Waals surface area (Å²) >= 11 is 0. The molecule has 0 fully saturated rings. The molecule has 0 saturated heterocycles. The molecule has 1 unspecified atom stereocenters. The molecule has 0 radical (unpaired) electrons. The van der Waals surface area contributed by atoms with Gasteiger partial charge in [0.1, 0.15) is 6.04 Å². The van der Waals surface area contributed by atoms with Gasteiger partial charge >= 0.3 is 6.03 Å². The van der Waals surface area contributed by atoms with Gasteiger partial charge in [-0.2, -0.15) is 4.98 Å². The number of amides is 3. The van der Waals surface area contributed by atoms with E-state index >= 15 is 0 Å². The highest BCUT2D eigenvalue weighted by Gasteiger charge is 2.26. The first-order chi connectivity index (χ1) is 11.8. The Morgan fingerprint density at radius 2 is 1.96 bits per heavy atom. The average molecular weight is 355 g/mol. The number of primary amides is 1. The molecule has 0 aliphatic carbocycles. The molecule has 0 aromatic carbocycles. The normalized spacial score (nSPS) is 13.3. The molecule has 0 bridgehead atoms. The summed E-state index contributed by atoms with van der Waals surface area (Å²) in [4.78, 5) is 39.5. The van der Waals surface area contributed by atoms with Gasteiger partial charge in [-0.05, 0) is 6.42 Å². The van der Waals surface area contributed by atoms with E-state index < -0.39 is 24.0 Å². The maximum Gasteiger partial charge on any atom is 0.316 e. The average Bonchev–Trinajstić information content (AvgIpc) is 2.99. The lowest BCUT2D eigenvalue weighted by Crippen LogP contribution is -2.48. The van der Waals surface area contributed by atoms with Crippen molar-refractivity contribution in [2.75, 3.05) is 6.61 Å². The quantitative estimate of drug-likeness (QED) is 0.453. The Bertz CT molecular complexity index is 601. The maximum atomic E-state index is 12.2. The van der Waals surface area contributed by atoms with Crippen LogP contribution in [-0.4, -0.2) is 45.6 Å². The number of rotatable bonds is 10. The minimum Gasteiger partial charge on any atom is -0.396 e. The predicted molar refractivity (Wildman–Crippen MR) is 87.2 cm³/mol. The van der Waals surface area contributed by atoms with E-state index in [1.807, 2.05) is 0 Å². The number of ketones is 1. The summed E-state index contributed by atoms with van der Waals surface area (Å²) in [5, 5.41) is 17.6. The van der Waals surface area contributed by atoms with Gasteiger partial charge < -0.3 is 26.0 Å². The van der Waals surface area contributed by atoms with Crippen molar-refractivity contribution < 1.29 is 24.0 Å². The molecule has 0 aliphatic rings. The molecule has 1 aromatic rings. The second-order valence-electron chi connectivity index (χ2n) is 5.88. The van der Waals surface area contributed by atoms with Crippen molar-refractivity contribution in [1.29, 1.82) is 0 Å². The number of urea groups is 1. The van der Waals surface area contributed by atoms with Crippen LogP contribution in [-0.2, 0) is 16.0 Å². The van der Waals surface area contributed by atoms with Crippen LogP contribution in [0.15, 0.2) is 4.52 Å². The molecule has 1 heterocycles. The number of nitrogens with two attached hydrogens (primary N) is 1. The monoisotopic (exact) mass is 355 g/mol. The lowest BCUT2D eigenvalue weighted by molar-refractivity contribution is -0.124. The first-order valence-corrected chi connectivity index (χ1v) is 8.10. The fraction of sp³-hybridized carbons (Fsp3) is 0.667. The molecule has 5 N–H and O–H groups in total. The Kier molecular flexibility index (Phi) is 7.99. The third-order valence-electron chi connectivity index (χ3n) is 3.45. The maximum absolute atomic E-state index is 12.2. The summed E-state index contributed by atoms with van der Waals surface area (Å²) < 4.78 is 5.01. The van der Waals surface area contributed by atoms with Gasteiger partial charge in [0.2, 0.25) is 11.8 Å². The minimum absolute atomic E-state index is 0.000588. The lowest BCUT2D eigenvalue weighted by Gasteiger charge is -2.20. The number of nitrogens with zero attached hydrogens (tertiary/aromatic N) is 2. The van der Waals surface area contributed by atoms with E-state index in [9.17, 15) is 14.4 Å². The number of aliphatic hydroxyl groups excluding tert-OH is 1. The van der Waals surface area contributed by atoms with Crippen molar-refractivity contribution in [1.82, 2.24) is 20.8 Å². The summed E-state index contributed by atoms with van der Waals surface area (Å²) in [5.41, 5.74) is 5.19. The van der Waals surface area contributed by atoms with Crippen LogP contribution in [0.4, 0.5) is 4.79 Å². The van der Waals surface area contributed by atoms with E-state index in [2.05, 4.69) is 20.8 Å². The number of hydrogen-bond donors (Lipinski definition) is 4. The highest BCUT2D eigenvalue weighted by Crippen LogP contribution is 2.15. The molecule has 10 heteroatoms. The van der Waals surface area contributed by atoms with Gasteiger partial charge in [-0.15, -0.1) is 0 Å².